The summed E-state index contributed by atoms with van der Waals surface area (Å²) < 4.78 is 12.6. The topological polar surface area (TPSA) is 43.1 Å². The minimum atomic E-state index is -0.622. The van der Waals surface area contributed by atoms with Crippen molar-refractivity contribution in [2.45, 2.75) is 6.92 Å². The van der Waals surface area contributed by atoms with Gasteiger partial charge in [-0.3, -0.25) is 10.1 Å². The highest BCUT2D eigenvalue weighted by Gasteiger charge is 2.06. The largest absolute Gasteiger partial charge is 0.272 e. The number of halogens is 1. The lowest BCUT2D eigenvalue weighted by Crippen LogP contribution is -1.89. The van der Waals surface area contributed by atoms with Crippen LogP contribution in [0.1, 0.15) is 5.56 Å². The van der Waals surface area contributed by atoms with E-state index in [0.29, 0.717) is 5.56 Å². The van der Waals surface area contributed by atoms with E-state index in [9.17, 15) is 14.5 Å². The summed E-state index contributed by atoms with van der Waals surface area (Å²) >= 11 is 0. The molecule has 0 aromatic heterocycles. The zero-order valence-electron chi connectivity index (χ0n) is 5.87. The van der Waals surface area contributed by atoms with Crippen LogP contribution in [0, 0.1) is 22.9 Å². The molecule has 0 unspecified atom stereocenters. The van der Waals surface area contributed by atoms with Crippen LogP contribution in [0.4, 0.5) is 10.1 Å². The molecule has 0 N–H and O–H groups in total. The first kappa shape index (κ1) is 7.65. The van der Waals surface area contributed by atoms with Crippen molar-refractivity contribution in [1.82, 2.24) is 0 Å². The van der Waals surface area contributed by atoms with Crippen LogP contribution in [0.3, 0.4) is 0 Å². The SMILES string of the molecule is Cc1ccc([N+](=O)[O-])cc1[18F]. The van der Waals surface area contributed by atoms with Crippen LogP contribution in [0.2, 0.25) is 0 Å². The number of nitro benzene ring substituents is 1. The zero-order valence-corrected chi connectivity index (χ0v) is 5.87. The van der Waals surface area contributed by atoms with Crippen molar-refractivity contribution < 1.29 is 9.31 Å². The Morgan fingerprint density at radius 3 is 2.64 bits per heavy atom. The highest BCUT2D eigenvalue weighted by molar-refractivity contribution is 5.33. The number of aryl methyl sites for hydroxylation is 1. The van der Waals surface area contributed by atoms with Crippen molar-refractivity contribution in [1.29, 1.82) is 0 Å². The molecule has 0 spiro atoms. The molecule has 0 fully saturated rings. The number of rotatable bonds is 1. The Kier molecular flexibility index (Phi) is 1.85. The third-order valence-electron chi connectivity index (χ3n) is 1.37. The standard InChI is InChI=1S/C7H6FNO2/c1-5-2-3-6(9(10)11)4-7(5)8/h2-4H,1H3/i8-1. The summed E-state index contributed by atoms with van der Waals surface area (Å²) in [4.78, 5) is 9.48. The Labute approximate surface area is 62.6 Å². The van der Waals surface area contributed by atoms with E-state index in [1.807, 2.05) is 0 Å². The molecule has 0 aliphatic carbocycles. The fourth-order valence-corrected chi connectivity index (χ4v) is 0.695. The highest BCUT2D eigenvalue weighted by Crippen LogP contribution is 2.14. The van der Waals surface area contributed by atoms with Gasteiger partial charge in [0.05, 0.1) is 11.0 Å². The third-order valence-corrected chi connectivity index (χ3v) is 1.37. The summed E-state index contributed by atoms with van der Waals surface area (Å²) in [5.41, 5.74) is 0.198. The van der Waals surface area contributed by atoms with Crippen LogP contribution in [0.5, 0.6) is 0 Å². The second-order valence-electron chi connectivity index (χ2n) is 2.19. The van der Waals surface area contributed by atoms with E-state index < -0.39 is 10.7 Å². The van der Waals surface area contributed by atoms with Gasteiger partial charge in [-0.05, 0) is 18.6 Å². The van der Waals surface area contributed by atoms with Crippen LogP contribution in [-0.2, 0) is 0 Å². The molecule has 58 valence electrons. The van der Waals surface area contributed by atoms with E-state index in [-0.39, 0.29) is 5.69 Å². The van der Waals surface area contributed by atoms with Gasteiger partial charge in [-0.2, -0.15) is 0 Å². The van der Waals surface area contributed by atoms with Gasteiger partial charge in [0, 0.05) is 6.07 Å². The van der Waals surface area contributed by atoms with Gasteiger partial charge < -0.3 is 0 Å². The molecular weight excluding hydrogens is 148 g/mol. The average molecular weight is 154 g/mol. The Morgan fingerprint density at radius 2 is 2.18 bits per heavy atom. The minimum absolute atomic E-state index is 0.215. The highest BCUT2D eigenvalue weighted by atomic mass is 18.2. The third kappa shape index (κ3) is 1.52. The van der Waals surface area contributed by atoms with E-state index >= 15 is 0 Å². The van der Waals surface area contributed by atoms with Crippen LogP contribution in [-0.4, -0.2) is 4.92 Å². The quantitative estimate of drug-likeness (QED) is 0.459. The predicted molar refractivity (Wildman–Crippen MR) is 37.8 cm³/mol. The first-order chi connectivity index (χ1) is 5.11. The maximum atomic E-state index is 12.6. The number of non-ortho nitro benzene ring substituents is 1. The monoisotopic (exact) mass is 154 g/mol. The molecule has 0 aliphatic rings. The first-order valence-electron chi connectivity index (χ1n) is 3.02. The predicted octanol–water partition coefficient (Wildman–Crippen LogP) is 2.04. The molecule has 1 rings (SSSR count). The molecule has 0 aliphatic heterocycles. The van der Waals surface area contributed by atoms with Gasteiger partial charge in [0.2, 0.25) is 0 Å². The Balaban J connectivity index is 3.15. The molecule has 0 heterocycles. The van der Waals surface area contributed by atoms with E-state index in [1.165, 1.54) is 12.1 Å². The van der Waals surface area contributed by atoms with Crippen LogP contribution >= 0.6 is 0 Å². The van der Waals surface area contributed by atoms with Gasteiger partial charge >= 0.3 is 0 Å². The number of hydrogen-bond donors (Lipinski definition) is 0. The summed E-state index contributed by atoms with van der Waals surface area (Å²) in [6.07, 6.45) is 0. The smallest absolute Gasteiger partial charge is 0.258 e. The van der Waals surface area contributed by atoms with E-state index in [4.69, 9.17) is 0 Å². The van der Waals surface area contributed by atoms with Gasteiger partial charge in [0.15, 0.2) is 0 Å². The number of benzene rings is 1. The van der Waals surface area contributed by atoms with Gasteiger partial charge in [-0.1, -0.05) is 0 Å². The van der Waals surface area contributed by atoms with Gasteiger partial charge in [-0.15, -0.1) is 0 Å². The zero-order chi connectivity index (χ0) is 8.43. The summed E-state index contributed by atoms with van der Waals surface area (Å²) in [5, 5.41) is 10.1. The number of nitro groups is 1. The molecule has 4 heteroatoms. The Morgan fingerprint density at radius 1 is 1.55 bits per heavy atom. The van der Waals surface area contributed by atoms with Gasteiger partial charge in [0.1, 0.15) is 5.82 Å². The average Bonchev–Trinajstić information content (AvgIpc) is 1.94. The number of hydrogen-bond acceptors (Lipinski definition) is 2. The van der Waals surface area contributed by atoms with Gasteiger partial charge in [-0.25, -0.2) is 4.39 Å². The molecule has 1 aromatic carbocycles. The molecule has 0 bridgehead atoms. The van der Waals surface area contributed by atoms with Crippen molar-refractivity contribution in [3.63, 3.8) is 0 Å². The molecule has 0 saturated heterocycles. The van der Waals surface area contributed by atoms with E-state index in [1.54, 1.807) is 6.92 Å². The molecule has 0 amide bonds. The second-order valence-corrected chi connectivity index (χ2v) is 2.19. The van der Waals surface area contributed by atoms with Crippen LogP contribution in [0.25, 0.3) is 0 Å². The molecule has 0 atom stereocenters. The normalized spacial score (nSPS) is 9.64. The van der Waals surface area contributed by atoms with E-state index in [0.717, 1.165) is 6.07 Å². The van der Waals surface area contributed by atoms with Gasteiger partial charge in [0.25, 0.3) is 5.69 Å². The second kappa shape index (κ2) is 2.65. The first-order valence-corrected chi connectivity index (χ1v) is 3.02. The summed E-state index contributed by atoms with van der Waals surface area (Å²) in [7, 11) is 0. The fraction of sp³-hybridized carbons (Fsp3) is 0.143. The molecule has 0 radical (unpaired) electrons. The van der Waals surface area contributed by atoms with Crippen molar-refractivity contribution in [3.05, 3.63) is 39.7 Å². The van der Waals surface area contributed by atoms with E-state index in [2.05, 4.69) is 0 Å². The maximum absolute atomic E-state index is 12.6. The Bertz CT molecular complexity index is 298. The van der Waals surface area contributed by atoms with Crippen LogP contribution in [0.15, 0.2) is 18.2 Å². The van der Waals surface area contributed by atoms with Crippen molar-refractivity contribution in [2.75, 3.05) is 0 Å². The fourth-order valence-electron chi connectivity index (χ4n) is 0.695. The summed E-state index contributed by atoms with van der Waals surface area (Å²) in [6, 6.07) is 3.57. The minimum Gasteiger partial charge on any atom is -0.258 e. The maximum Gasteiger partial charge on any atom is 0.272 e. The summed E-state index contributed by atoms with van der Waals surface area (Å²) in [6.45, 7) is 1.55. The number of nitrogens with zero attached hydrogens (tertiary/aromatic N) is 1. The lowest BCUT2D eigenvalue weighted by molar-refractivity contribution is -0.385. The summed E-state index contributed by atoms with van der Waals surface area (Å²) in [5.74, 6) is -0.542. The lowest BCUT2D eigenvalue weighted by atomic mass is 10.2. The van der Waals surface area contributed by atoms with Crippen molar-refractivity contribution >= 4 is 5.69 Å². The lowest BCUT2D eigenvalue weighted by Gasteiger charge is -1.93. The van der Waals surface area contributed by atoms with Crippen molar-refractivity contribution in [3.8, 4) is 0 Å². The van der Waals surface area contributed by atoms with Crippen molar-refractivity contribution in [2.24, 2.45) is 0 Å². The molecule has 3 nitrogen and oxygen atoms in total. The molecule has 11 heavy (non-hydrogen) atoms. The molecular formula is C7H6FNO2. The molecule has 1 aromatic rings. The van der Waals surface area contributed by atoms with Crippen LogP contribution < -0.4 is 0 Å². The molecule has 0 saturated carbocycles. The Hall–Kier alpha value is -1.45.